The van der Waals surface area contributed by atoms with E-state index in [-0.39, 0.29) is 11.7 Å². The van der Waals surface area contributed by atoms with Crippen molar-refractivity contribution in [2.75, 3.05) is 6.61 Å². The number of nitro groups is 1. The van der Waals surface area contributed by atoms with Gasteiger partial charge in [0.25, 0.3) is 5.69 Å². The summed E-state index contributed by atoms with van der Waals surface area (Å²) < 4.78 is 4.97. The molecule has 114 valence electrons. The second kappa shape index (κ2) is 7.09. The average Bonchev–Trinajstić information content (AvgIpc) is 2.50. The van der Waals surface area contributed by atoms with Gasteiger partial charge in [0.1, 0.15) is 0 Å². The topological polar surface area (TPSA) is 69.4 Å². The summed E-state index contributed by atoms with van der Waals surface area (Å²) in [6, 6.07) is 11.7. The quantitative estimate of drug-likeness (QED) is 0.469. The molecule has 2 aromatic rings. The summed E-state index contributed by atoms with van der Waals surface area (Å²) in [5.41, 5.74) is 1.54. The van der Waals surface area contributed by atoms with E-state index in [1.165, 1.54) is 23.9 Å². The molecule has 0 saturated carbocycles. The minimum atomic E-state index is -0.423. The van der Waals surface area contributed by atoms with Gasteiger partial charge in [-0.1, -0.05) is 11.8 Å². The van der Waals surface area contributed by atoms with Crippen LogP contribution in [0.1, 0.15) is 22.8 Å². The van der Waals surface area contributed by atoms with Gasteiger partial charge in [-0.3, -0.25) is 10.1 Å². The van der Waals surface area contributed by atoms with Crippen molar-refractivity contribution in [3.05, 3.63) is 63.7 Å². The Morgan fingerprint density at radius 2 is 1.91 bits per heavy atom. The minimum absolute atomic E-state index is 0.0683. The first-order chi connectivity index (χ1) is 10.5. The molecule has 0 aliphatic carbocycles. The minimum Gasteiger partial charge on any atom is -0.462 e. The number of nitro benzene ring substituents is 1. The second-order valence-corrected chi connectivity index (χ2v) is 5.67. The number of non-ortho nitro benzene ring substituents is 1. The number of aryl methyl sites for hydroxylation is 1. The lowest BCUT2D eigenvalue weighted by Crippen LogP contribution is -2.04. The number of hydrogen-bond donors (Lipinski definition) is 0. The molecule has 0 bridgehead atoms. The number of nitrogens with zero attached hydrogens (tertiary/aromatic N) is 1. The predicted molar refractivity (Wildman–Crippen MR) is 84.4 cm³/mol. The summed E-state index contributed by atoms with van der Waals surface area (Å²) in [7, 11) is 0. The van der Waals surface area contributed by atoms with Crippen LogP contribution in [0.2, 0.25) is 0 Å². The lowest BCUT2D eigenvalue weighted by atomic mass is 10.1. The largest absolute Gasteiger partial charge is 0.462 e. The van der Waals surface area contributed by atoms with Crippen molar-refractivity contribution >= 4 is 23.4 Å². The highest BCUT2D eigenvalue weighted by molar-refractivity contribution is 7.99. The first-order valence-corrected chi connectivity index (χ1v) is 7.53. The van der Waals surface area contributed by atoms with Gasteiger partial charge in [-0.05, 0) is 49.7 Å². The van der Waals surface area contributed by atoms with Crippen molar-refractivity contribution < 1.29 is 14.5 Å². The average molecular weight is 317 g/mol. The van der Waals surface area contributed by atoms with E-state index >= 15 is 0 Å². The van der Waals surface area contributed by atoms with Gasteiger partial charge in [0, 0.05) is 21.9 Å². The Bertz CT molecular complexity index is 698. The maximum absolute atomic E-state index is 11.7. The second-order valence-electron chi connectivity index (χ2n) is 4.55. The number of benzene rings is 2. The van der Waals surface area contributed by atoms with Crippen LogP contribution in [-0.4, -0.2) is 17.5 Å². The fourth-order valence-electron chi connectivity index (χ4n) is 1.87. The molecule has 0 unspecified atom stereocenters. The standard InChI is InChI=1S/C16H15NO4S/c1-3-21-16(18)12-4-9-15(11(2)10-12)22-14-7-5-13(6-8-14)17(19)20/h4-10H,3H2,1-2H3. The molecule has 2 rings (SSSR count). The molecule has 2 aromatic carbocycles. The van der Waals surface area contributed by atoms with E-state index in [0.29, 0.717) is 12.2 Å². The maximum Gasteiger partial charge on any atom is 0.338 e. The fourth-order valence-corrected chi connectivity index (χ4v) is 2.75. The number of esters is 1. The molecule has 0 atom stereocenters. The third-order valence-corrected chi connectivity index (χ3v) is 4.15. The molecule has 0 saturated heterocycles. The third kappa shape index (κ3) is 3.85. The zero-order chi connectivity index (χ0) is 16.1. The van der Waals surface area contributed by atoms with Crippen molar-refractivity contribution in [3.8, 4) is 0 Å². The number of rotatable bonds is 5. The highest BCUT2D eigenvalue weighted by Gasteiger charge is 2.10. The molecule has 0 aliphatic heterocycles. The SMILES string of the molecule is CCOC(=O)c1ccc(Sc2ccc([N+](=O)[O-])cc2)c(C)c1. The van der Waals surface area contributed by atoms with E-state index in [1.54, 1.807) is 31.2 Å². The molecule has 6 heteroatoms. The van der Waals surface area contributed by atoms with Crippen LogP contribution in [0.3, 0.4) is 0 Å². The molecule has 0 spiro atoms. The molecule has 0 amide bonds. The first kappa shape index (κ1) is 16.0. The summed E-state index contributed by atoms with van der Waals surface area (Å²) in [6.07, 6.45) is 0. The van der Waals surface area contributed by atoms with Crippen molar-refractivity contribution in [1.82, 2.24) is 0 Å². The van der Waals surface area contributed by atoms with Crippen LogP contribution in [0.4, 0.5) is 5.69 Å². The zero-order valence-corrected chi connectivity index (χ0v) is 13.1. The molecular weight excluding hydrogens is 302 g/mol. The number of carbonyl (C=O) groups excluding carboxylic acids is 1. The first-order valence-electron chi connectivity index (χ1n) is 6.71. The summed E-state index contributed by atoms with van der Waals surface area (Å²) in [6.45, 7) is 4.02. The van der Waals surface area contributed by atoms with E-state index in [1.807, 2.05) is 13.0 Å². The number of ether oxygens (including phenoxy) is 1. The Morgan fingerprint density at radius 1 is 1.23 bits per heavy atom. The lowest BCUT2D eigenvalue weighted by Gasteiger charge is -2.08. The highest BCUT2D eigenvalue weighted by Crippen LogP contribution is 2.31. The Kier molecular flexibility index (Phi) is 5.16. The molecular formula is C16H15NO4S. The van der Waals surface area contributed by atoms with Gasteiger partial charge in [0.2, 0.25) is 0 Å². The van der Waals surface area contributed by atoms with Gasteiger partial charge in [-0.2, -0.15) is 0 Å². The third-order valence-electron chi connectivity index (χ3n) is 2.96. The molecule has 0 aliphatic rings. The van der Waals surface area contributed by atoms with Gasteiger partial charge in [0.05, 0.1) is 17.1 Å². The Labute approximate surface area is 132 Å². The van der Waals surface area contributed by atoms with Crippen molar-refractivity contribution in [1.29, 1.82) is 0 Å². The van der Waals surface area contributed by atoms with Gasteiger partial charge < -0.3 is 4.74 Å². The van der Waals surface area contributed by atoms with Crippen molar-refractivity contribution in [2.24, 2.45) is 0 Å². The van der Waals surface area contributed by atoms with Crippen molar-refractivity contribution in [2.45, 2.75) is 23.6 Å². The van der Waals surface area contributed by atoms with Crippen LogP contribution in [-0.2, 0) is 4.74 Å². The molecule has 0 fully saturated rings. The zero-order valence-electron chi connectivity index (χ0n) is 12.2. The summed E-state index contributed by atoms with van der Waals surface area (Å²) in [5, 5.41) is 10.6. The van der Waals surface area contributed by atoms with Crippen LogP contribution in [0.15, 0.2) is 52.3 Å². The van der Waals surface area contributed by atoms with E-state index in [9.17, 15) is 14.9 Å². The Morgan fingerprint density at radius 3 is 2.45 bits per heavy atom. The molecule has 22 heavy (non-hydrogen) atoms. The van der Waals surface area contributed by atoms with Crippen LogP contribution in [0, 0.1) is 17.0 Å². The molecule has 0 heterocycles. The van der Waals surface area contributed by atoms with Gasteiger partial charge in [0.15, 0.2) is 0 Å². The Hall–Kier alpha value is -2.34. The smallest absolute Gasteiger partial charge is 0.338 e. The van der Waals surface area contributed by atoms with E-state index < -0.39 is 4.92 Å². The monoisotopic (exact) mass is 317 g/mol. The normalized spacial score (nSPS) is 10.3. The summed E-state index contributed by atoms with van der Waals surface area (Å²) in [4.78, 5) is 23.8. The van der Waals surface area contributed by atoms with Crippen LogP contribution in [0.25, 0.3) is 0 Å². The number of carbonyl (C=O) groups is 1. The van der Waals surface area contributed by atoms with E-state index in [2.05, 4.69) is 0 Å². The number of hydrogen-bond acceptors (Lipinski definition) is 5. The summed E-state index contributed by atoms with van der Waals surface area (Å²) >= 11 is 1.49. The molecule has 0 aromatic heterocycles. The van der Waals surface area contributed by atoms with Crippen LogP contribution < -0.4 is 0 Å². The van der Waals surface area contributed by atoms with Crippen LogP contribution in [0.5, 0.6) is 0 Å². The van der Waals surface area contributed by atoms with E-state index in [4.69, 9.17) is 4.74 Å². The van der Waals surface area contributed by atoms with Crippen molar-refractivity contribution in [3.63, 3.8) is 0 Å². The van der Waals surface area contributed by atoms with Gasteiger partial charge in [-0.15, -0.1) is 0 Å². The molecule has 0 N–H and O–H groups in total. The van der Waals surface area contributed by atoms with Gasteiger partial charge in [-0.25, -0.2) is 4.79 Å². The Balaban J connectivity index is 2.16. The predicted octanol–water partition coefficient (Wildman–Crippen LogP) is 4.23. The van der Waals surface area contributed by atoms with Crippen LogP contribution >= 0.6 is 11.8 Å². The fraction of sp³-hybridized carbons (Fsp3) is 0.188. The lowest BCUT2D eigenvalue weighted by molar-refractivity contribution is -0.384. The highest BCUT2D eigenvalue weighted by atomic mass is 32.2. The summed E-state index contributed by atoms with van der Waals surface area (Å²) in [5.74, 6) is -0.336. The molecule has 0 radical (unpaired) electrons. The van der Waals surface area contributed by atoms with E-state index in [0.717, 1.165) is 15.4 Å². The van der Waals surface area contributed by atoms with Gasteiger partial charge >= 0.3 is 5.97 Å². The molecule has 5 nitrogen and oxygen atoms in total. The maximum atomic E-state index is 11.7.